The van der Waals surface area contributed by atoms with Crippen LogP contribution in [0.1, 0.15) is 22.8 Å². The zero-order valence-electron chi connectivity index (χ0n) is 16.4. The number of anilines is 1. The van der Waals surface area contributed by atoms with Gasteiger partial charge in [-0.3, -0.25) is 5.41 Å². The van der Waals surface area contributed by atoms with E-state index in [-0.39, 0.29) is 24.7 Å². The van der Waals surface area contributed by atoms with Crippen LogP contribution in [0.3, 0.4) is 0 Å². The van der Waals surface area contributed by atoms with Crippen LogP contribution in [0.5, 0.6) is 0 Å². The van der Waals surface area contributed by atoms with Gasteiger partial charge in [-0.1, -0.05) is 5.16 Å². The summed E-state index contributed by atoms with van der Waals surface area (Å²) in [5, 5.41) is 21.9. The lowest BCUT2D eigenvalue weighted by Gasteiger charge is -2.25. The van der Waals surface area contributed by atoms with Gasteiger partial charge in [0.2, 0.25) is 5.89 Å². The summed E-state index contributed by atoms with van der Waals surface area (Å²) in [7, 11) is 0. The maximum Gasteiger partial charge on any atom is 0.417 e. The number of ether oxygens (including phenoxy) is 1. The molecule has 0 saturated heterocycles. The highest BCUT2D eigenvalue weighted by Gasteiger charge is 2.36. The van der Waals surface area contributed by atoms with E-state index in [4.69, 9.17) is 20.9 Å². The SMILES string of the molecule is N#Cc1ccc(N(Cc2noc(CCNC(=N)OC(N)=O)n2)CC(F)(F)F)cc1C(F)(F)F. The van der Waals surface area contributed by atoms with Crippen molar-refractivity contribution in [1.82, 2.24) is 15.5 Å². The second-order valence-electron chi connectivity index (χ2n) is 6.34. The Balaban J connectivity index is 2.18. The van der Waals surface area contributed by atoms with Crippen molar-refractivity contribution in [3.05, 3.63) is 41.0 Å². The molecule has 0 unspecified atom stereocenters. The number of nitrogens with one attached hydrogen (secondary N) is 2. The fourth-order valence-electron chi connectivity index (χ4n) is 2.56. The second kappa shape index (κ2) is 10.1. The topological polar surface area (TPSA) is 154 Å². The molecule has 0 aliphatic rings. The third-order valence-corrected chi connectivity index (χ3v) is 3.83. The first-order valence-electron chi connectivity index (χ1n) is 8.82. The first kappa shape index (κ1) is 25.2. The molecule has 2 rings (SSSR count). The highest BCUT2D eigenvalue weighted by Crippen LogP contribution is 2.35. The number of rotatable bonds is 7. The molecule has 178 valence electrons. The molecule has 0 spiro atoms. The van der Waals surface area contributed by atoms with E-state index < -0.39 is 54.4 Å². The van der Waals surface area contributed by atoms with Gasteiger partial charge >= 0.3 is 18.4 Å². The number of benzene rings is 1. The standard InChI is InChI=1S/C17H15F6N7O3/c18-16(19,20)8-30(10-2-1-9(6-24)11(5-10)17(21,22)23)7-12-28-13(33-29-12)3-4-27-14(25)32-15(26)31/h1-2,5H,3-4,7-8H2,(H2,25,27)(H2,26,31). The number of carbonyl (C=O) groups excluding carboxylic acids is 1. The highest BCUT2D eigenvalue weighted by atomic mass is 19.4. The second-order valence-corrected chi connectivity index (χ2v) is 6.34. The van der Waals surface area contributed by atoms with Crippen molar-refractivity contribution >= 4 is 17.8 Å². The number of primary amides is 1. The molecule has 0 aliphatic carbocycles. The van der Waals surface area contributed by atoms with Crippen LogP contribution in [0.2, 0.25) is 0 Å². The lowest BCUT2D eigenvalue weighted by molar-refractivity contribution is -0.137. The molecule has 1 amide bonds. The van der Waals surface area contributed by atoms with Gasteiger partial charge in [-0.2, -0.15) is 36.6 Å². The largest absolute Gasteiger partial charge is 0.417 e. The van der Waals surface area contributed by atoms with Crippen molar-refractivity contribution in [1.29, 1.82) is 10.7 Å². The van der Waals surface area contributed by atoms with Crippen LogP contribution in [0.4, 0.5) is 36.8 Å². The van der Waals surface area contributed by atoms with Crippen molar-refractivity contribution in [3.8, 4) is 6.07 Å². The Hall–Kier alpha value is -4.03. The molecule has 10 nitrogen and oxygen atoms in total. The molecule has 0 atom stereocenters. The average molecular weight is 479 g/mol. The van der Waals surface area contributed by atoms with Gasteiger partial charge in [0.05, 0.1) is 23.7 Å². The summed E-state index contributed by atoms with van der Waals surface area (Å²) in [6.45, 7) is -2.31. The molecule has 0 radical (unpaired) electrons. The minimum absolute atomic E-state index is 0.0220. The molecule has 0 aliphatic heterocycles. The predicted molar refractivity (Wildman–Crippen MR) is 97.7 cm³/mol. The third kappa shape index (κ3) is 7.87. The summed E-state index contributed by atoms with van der Waals surface area (Å²) in [5.74, 6) is -0.317. The van der Waals surface area contributed by atoms with E-state index in [0.29, 0.717) is 11.0 Å². The molecule has 1 aromatic carbocycles. The van der Waals surface area contributed by atoms with Gasteiger partial charge in [0, 0.05) is 18.7 Å². The van der Waals surface area contributed by atoms with Crippen LogP contribution >= 0.6 is 0 Å². The molecule has 16 heteroatoms. The third-order valence-electron chi connectivity index (χ3n) is 3.83. The van der Waals surface area contributed by atoms with Crippen molar-refractivity contribution in [2.24, 2.45) is 5.73 Å². The van der Waals surface area contributed by atoms with E-state index in [1.807, 2.05) is 0 Å². The zero-order valence-corrected chi connectivity index (χ0v) is 16.4. The van der Waals surface area contributed by atoms with E-state index in [9.17, 15) is 31.1 Å². The van der Waals surface area contributed by atoms with Gasteiger partial charge in [0.1, 0.15) is 6.54 Å². The quantitative estimate of drug-likeness (QED) is 0.311. The van der Waals surface area contributed by atoms with Gasteiger partial charge in [0.15, 0.2) is 5.82 Å². The number of aromatic nitrogens is 2. The summed E-state index contributed by atoms with van der Waals surface area (Å²) in [6, 6.07) is 2.87. The fourth-order valence-corrected chi connectivity index (χ4v) is 2.56. The number of amides is 1. The highest BCUT2D eigenvalue weighted by molar-refractivity contribution is 5.83. The molecule has 1 aromatic heterocycles. The Morgan fingerprint density at radius 1 is 1.30 bits per heavy atom. The molecule has 33 heavy (non-hydrogen) atoms. The molecule has 4 N–H and O–H groups in total. The number of halogens is 6. The van der Waals surface area contributed by atoms with E-state index in [0.717, 1.165) is 12.1 Å². The molecular formula is C17H15F6N7O3. The number of carbonyl (C=O) groups is 1. The van der Waals surface area contributed by atoms with Gasteiger partial charge in [0.25, 0.3) is 6.02 Å². The Morgan fingerprint density at radius 2 is 2.00 bits per heavy atom. The summed E-state index contributed by atoms with van der Waals surface area (Å²) < 4.78 is 87.9. The number of nitrogens with zero attached hydrogens (tertiary/aromatic N) is 4. The predicted octanol–water partition coefficient (Wildman–Crippen LogP) is 2.69. The monoisotopic (exact) mass is 479 g/mol. The van der Waals surface area contributed by atoms with Gasteiger partial charge < -0.3 is 25.2 Å². The molecule has 2 aromatic rings. The van der Waals surface area contributed by atoms with Crippen LogP contribution in [-0.2, 0) is 23.9 Å². The number of alkyl halides is 6. The Morgan fingerprint density at radius 3 is 2.58 bits per heavy atom. The fraction of sp³-hybridized carbons (Fsp3) is 0.353. The minimum Gasteiger partial charge on any atom is -0.376 e. The van der Waals surface area contributed by atoms with Gasteiger partial charge in [-0.05, 0) is 18.2 Å². The van der Waals surface area contributed by atoms with Crippen LogP contribution in [0.15, 0.2) is 22.7 Å². The van der Waals surface area contributed by atoms with Crippen LogP contribution in [0.25, 0.3) is 0 Å². The minimum atomic E-state index is -4.96. The van der Waals surface area contributed by atoms with Crippen LogP contribution in [-0.4, -0.2) is 41.5 Å². The molecule has 0 fully saturated rings. The van der Waals surface area contributed by atoms with Crippen molar-refractivity contribution in [2.75, 3.05) is 18.0 Å². The van der Waals surface area contributed by atoms with Crippen molar-refractivity contribution < 1.29 is 40.4 Å². The Kier molecular flexibility index (Phi) is 7.69. The number of hydrogen-bond acceptors (Lipinski definition) is 8. The lowest BCUT2D eigenvalue weighted by atomic mass is 10.1. The molecule has 0 bridgehead atoms. The normalized spacial score (nSPS) is 11.5. The van der Waals surface area contributed by atoms with Gasteiger partial charge in [-0.15, -0.1) is 0 Å². The summed E-state index contributed by atoms with van der Waals surface area (Å²) >= 11 is 0. The number of nitrogens with two attached hydrogens (primary N) is 1. The maximum atomic E-state index is 13.2. The van der Waals surface area contributed by atoms with Crippen LogP contribution < -0.4 is 16.0 Å². The van der Waals surface area contributed by atoms with E-state index in [2.05, 4.69) is 20.2 Å². The maximum absolute atomic E-state index is 13.2. The Bertz CT molecular complexity index is 1040. The van der Waals surface area contributed by atoms with E-state index >= 15 is 0 Å². The average Bonchev–Trinajstić information content (AvgIpc) is 3.12. The Labute approximate surface area is 181 Å². The van der Waals surface area contributed by atoms with E-state index in [1.54, 1.807) is 0 Å². The van der Waals surface area contributed by atoms with Crippen molar-refractivity contribution in [2.45, 2.75) is 25.3 Å². The molecule has 0 saturated carbocycles. The number of hydrogen-bond donors (Lipinski definition) is 3. The van der Waals surface area contributed by atoms with E-state index in [1.165, 1.54) is 6.07 Å². The zero-order chi connectivity index (χ0) is 24.8. The number of amidine groups is 1. The first-order chi connectivity index (χ1) is 15.3. The summed E-state index contributed by atoms with van der Waals surface area (Å²) in [6.07, 6.45) is -11.0. The first-order valence-corrected chi connectivity index (χ1v) is 8.82. The molecule has 1 heterocycles. The van der Waals surface area contributed by atoms with Crippen LogP contribution in [0, 0.1) is 16.7 Å². The number of nitriles is 1. The smallest absolute Gasteiger partial charge is 0.376 e. The summed E-state index contributed by atoms with van der Waals surface area (Å²) in [4.78, 5) is 14.9. The molecular weight excluding hydrogens is 464 g/mol. The lowest BCUT2D eigenvalue weighted by Crippen LogP contribution is -2.34. The van der Waals surface area contributed by atoms with Gasteiger partial charge in [-0.25, -0.2) is 4.79 Å². The summed E-state index contributed by atoms with van der Waals surface area (Å²) in [5.41, 5.74) is 2.15. The van der Waals surface area contributed by atoms with Crippen molar-refractivity contribution in [3.63, 3.8) is 0 Å².